The summed E-state index contributed by atoms with van der Waals surface area (Å²) in [7, 11) is 0. The van der Waals surface area contributed by atoms with Crippen LogP contribution in [-0.2, 0) is 4.74 Å². The summed E-state index contributed by atoms with van der Waals surface area (Å²) in [5.41, 5.74) is 0.690. The minimum Gasteiger partial charge on any atom is -0.375 e. The van der Waals surface area contributed by atoms with E-state index in [4.69, 9.17) is 4.74 Å². The third kappa shape index (κ3) is 2.80. The first-order valence-corrected chi connectivity index (χ1v) is 6.60. The lowest BCUT2D eigenvalue weighted by atomic mass is 9.57. The van der Waals surface area contributed by atoms with E-state index in [1.807, 2.05) is 0 Å². The van der Waals surface area contributed by atoms with Gasteiger partial charge < -0.3 is 4.74 Å². The van der Waals surface area contributed by atoms with Crippen molar-refractivity contribution in [3.8, 4) is 0 Å². The van der Waals surface area contributed by atoms with Crippen molar-refractivity contribution in [2.24, 2.45) is 22.7 Å². The van der Waals surface area contributed by atoms with Gasteiger partial charge >= 0.3 is 0 Å². The second kappa shape index (κ2) is 4.01. The molecule has 0 radical (unpaired) electrons. The SMILES string of the molecule is CC(C)(C)C1CCOC(C)(C)C1C(C)(C)C. The van der Waals surface area contributed by atoms with E-state index in [0.717, 1.165) is 12.5 Å². The van der Waals surface area contributed by atoms with E-state index in [9.17, 15) is 0 Å². The quantitative estimate of drug-likeness (QED) is 0.590. The first-order chi connectivity index (χ1) is 6.96. The van der Waals surface area contributed by atoms with E-state index >= 15 is 0 Å². The van der Waals surface area contributed by atoms with Crippen molar-refractivity contribution >= 4 is 0 Å². The molecule has 0 aromatic carbocycles. The van der Waals surface area contributed by atoms with Gasteiger partial charge in [-0.1, -0.05) is 41.5 Å². The second-order valence-corrected chi connectivity index (χ2v) is 8.06. The molecule has 1 heteroatoms. The largest absolute Gasteiger partial charge is 0.375 e. The van der Waals surface area contributed by atoms with Gasteiger partial charge in [0.25, 0.3) is 0 Å². The van der Waals surface area contributed by atoms with E-state index in [-0.39, 0.29) is 5.60 Å². The number of rotatable bonds is 0. The molecule has 0 amide bonds. The van der Waals surface area contributed by atoms with Crippen LogP contribution in [0.3, 0.4) is 0 Å². The van der Waals surface area contributed by atoms with E-state index in [1.54, 1.807) is 0 Å². The fourth-order valence-corrected chi connectivity index (χ4v) is 3.77. The predicted octanol–water partition coefficient (Wildman–Crippen LogP) is 4.51. The number of ether oxygens (including phenoxy) is 1. The Morgan fingerprint density at radius 3 is 1.75 bits per heavy atom. The molecular formula is C15H30O. The minimum atomic E-state index is 0.00838. The molecule has 0 aliphatic carbocycles. The molecule has 0 aromatic rings. The highest BCUT2D eigenvalue weighted by Crippen LogP contribution is 2.51. The molecule has 1 aliphatic heterocycles. The van der Waals surface area contributed by atoms with Gasteiger partial charge in [-0.15, -0.1) is 0 Å². The van der Waals surface area contributed by atoms with Crippen LogP contribution in [0.5, 0.6) is 0 Å². The van der Waals surface area contributed by atoms with Gasteiger partial charge in [0.15, 0.2) is 0 Å². The zero-order chi connectivity index (χ0) is 12.8. The third-order valence-electron chi connectivity index (χ3n) is 4.10. The van der Waals surface area contributed by atoms with Gasteiger partial charge in [-0.05, 0) is 42.9 Å². The van der Waals surface area contributed by atoms with Gasteiger partial charge in [0, 0.05) is 6.61 Å². The van der Waals surface area contributed by atoms with E-state index < -0.39 is 0 Å². The van der Waals surface area contributed by atoms with Crippen molar-refractivity contribution < 1.29 is 4.74 Å². The van der Waals surface area contributed by atoms with Crippen molar-refractivity contribution in [2.45, 2.75) is 67.4 Å². The highest BCUT2D eigenvalue weighted by molar-refractivity contribution is 4.98. The molecule has 0 saturated carbocycles. The van der Waals surface area contributed by atoms with Crippen molar-refractivity contribution in [2.75, 3.05) is 6.61 Å². The average molecular weight is 226 g/mol. The fraction of sp³-hybridized carbons (Fsp3) is 1.00. The zero-order valence-electron chi connectivity index (χ0n) is 12.5. The number of hydrogen-bond acceptors (Lipinski definition) is 1. The Morgan fingerprint density at radius 2 is 1.44 bits per heavy atom. The van der Waals surface area contributed by atoms with Crippen LogP contribution in [0.15, 0.2) is 0 Å². The highest BCUT2D eigenvalue weighted by Gasteiger charge is 2.49. The van der Waals surface area contributed by atoms with E-state index in [0.29, 0.717) is 16.7 Å². The summed E-state index contributed by atoms with van der Waals surface area (Å²) < 4.78 is 6.03. The maximum Gasteiger partial charge on any atom is 0.0662 e. The van der Waals surface area contributed by atoms with Gasteiger partial charge in [-0.25, -0.2) is 0 Å². The van der Waals surface area contributed by atoms with Gasteiger partial charge in [0.05, 0.1) is 5.60 Å². The second-order valence-electron chi connectivity index (χ2n) is 8.06. The van der Waals surface area contributed by atoms with Crippen LogP contribution < -0.4 is 0 Å². The highest BCUT2D eigenvalue weighted by atomic mass is 16.5. The molecule has 0 N–H and O–H groups in total. The van der Waals surface area contributed by atoms with Crippen molar-refractivity contribution in [3.63, 3.8) is 0 Å². The monoisotopic (exact) mass is 226 g/mol. The molecule has 0 spiro atoms. The Hall–Kier alpha value is -0.0400. The lowest BCUT2D eigenvalue weighted by molar-refractivity contribution is -0.172. The summed E-state index contributed by atoms with van der Waals surface area (Å²) >= 11 is 0. The summed E-state index contributed by atoms with van der Waals surface area (Å²) in [5.74, 6) is 1.37. The van der Waals surface area contributed by atoms with Crippen LogP contribution in [-0.4, -0.2) is 12.2 Å². The lowest BCUT2D eigenvalue weighted by Gasteiger charge is -2.54. The van der Waals surface area contributed by atoms with Crippen molar-refractivity contribution in [1.29, 1.82) is 0 Å². The molecule has 16 heavy (non-hydrogen) atoms. The molecule has 1 aliphatic rings. The third-order valence-corrected chi connectivity index (χ3v) is 4.10. The fourth-order valence-electron chi connectivity index (χ4n) is 3.77. The maximum atomic E-state index is 6.03. The van der Waals surface area contributed by atoms with Crippen LogP contribution in [0, 0.1) is 22.7 Å². The Kier molecular flexibility index (Phi) is 3.52. The molecule has 2 unspecified atom stereocenters. The van der Waals surface area contributed by atoms with Gasteiger partial charge in [0.2, 0.25) is 0 Å². The molecule has 1 rings (SSSR count). The standard InChI is InChI=1S/C15H30O/c1-13(2,3)11-9-10-16-15(7,8)12(11)14(4,5)6/h11-12H,9-10H2,1-8H3. The summed E-state index contributed by atoms with van der Waals surface area (Å²) in [6, 6.07) is 0. The first-order valence-electron chi connectivity index (χ1n) is 6.60. The Labute approximate surface area is 102 Å². The smallest absolute Gasteiger partial charge is 0.0662 e. The Balaban J connectivity index is 3.08. The van der Waals surface area contributed by atoms with E-state index in [2.05, 4.69) is 55.4 Å². The predicted molar refractivity (Wildman–Crippen MR) is 70.5 cm³/mol. The Morgan fingerprint density at radius 1 is 0.938 bits per heavy atom. The molecule has 96 valence electrons. The maximum absolute atomic E-state index is 6.03. The first kappa shape index (κ1) is 14.0. The molecule has 1 heterocycles. The normalized spacial score (nSPS) is 31.5. The molecule has 1 nitrogen and oxygen atoms in total. The van der Waals surface area contributed by atoms with Crippen LogP contribution in [0.1, 0.15) is 61.8 Å². The summed E-state index contributed by atoms with van der Waals surface area (Å²) in [5, 5.41) is 0. The lowest BCUT2D eigenvalue weighted by Crippen LogP contribution is -2.53. The van der Waals surface area contributed by atoms with Crippen molar-refractivity contribution in [3.05, 3.63) is 0 Å². The molecule has 0 aromatic heterocycles. The minimum absolute atomic E-state index is 0.00838. The number of hydrogen-bond donors (Lipinski definition) is 0. The molecular weight excluding hydrogens is 196 g/mol. The van der Waals surface area contributed by atoms with Crippen LogP contribution in [0.2, 0.25) is 0 Å². The average Bonchev–Trinajstić information content (AvgIpc) is 1.97. The summed E-state index contributed by atoms with van der Waals surface area (Å²) in [6.07, 6.45) is 1.20. The van der Waals surface area contributed by atoms with Crippen LogP contribution in [0.4, 0.5) is 0 Å². The van der Waals surface area contributed by atoms with Gasteiger partial charge in [-0.3, -0.25) is 0 Å². The zero-order valence-corrected chi connectivity index (χ0v) is 12.5. The summed E-state index contributed by atoms with van der Waals surface area (Å²) in [4.78, 5) is 0. The van der Waals surface area contributed by atoms with E-state index in [1.165, 1.54) is 6.42 Å². The topological polar surface area (TPSA) is 9.23 Å². The van der Waals surface area contributed by atoms with Gasteiger partial charge in [0.1, 0.15) is 0 Å². The molecule has 1 fully saturated rings. The Bertz CT molecular complexity index is 239. The van der Waals surface area contributed by atoms with Crippen molar-refractivity contribution in [1.82, 2.24) is 0 Å². The molecule has 2 atom stereocenters. The van der Waals surface area contributed by atoms with Crippen LogP contribution in [0.25, 0.3) is 0 Å². The summed E-state index contributed by atoms with van der Waals surface area (Å²) in [6.45, 7) is 19.6. The van der Waals surface area contributed by atoms with Gasteiger partial charge in [-0.2, -0.15) is 0 Å². The molecule has 1 saturated heterocycles. The molecule has 0 bridgehead atoms. The van der Waals surface area contributed by atoms with Crippen LogP contribution >= 0.6 is 0 Å².